The lowest BCUT2D eigenvalue weighted by Crippen LogP contribution is -2.22. The van der Waals surface area contributed by atoms with E-state index in [1.165, 1.54) is 25.7 Å². The summed E-state index contributed by atoms with van der Waals surface area (Å²) in [5, 5.41) is 6.89. The van der Waals surface area contributed by atoms with Crippen molar-refractivity contribution in [1.82, 2.24) is 9.78 Å². The topological polar surface area (TPSA) is 90.0 Å². The molecule has 2 bridgehead atoms. The Kier molecular flexibility index (Phi) is 3.69. The van der Waals surface area contributed by atoms with E-state index in [1.54, 1.807) is 10.9 Å². The molecule has 6 nitrogen and oxygen atoms in total. The Morgan fingerprint density at radius 1 is 1.43 bits per heavy atom. The van der Waals surface area contributed by atoms with Crippen molar-refractivity contribution < 1.29 is 9.59 Å². The molecular formula is C15H22N4O2. The third-order valence-corrected chi connectivity index (χ3v) is 4.93. The molecule has 2 fully saturated rings. The maximum atomic E-state index is 12.2. The molecule has 2 aliphatic carbocycles. The van der Waals surface area contributed by atoms with Crippen LogP contribution in [0, 0.1) is 17.8 Å². The summed E-state index contributed by atoms with van der Waals surface area (Å²) in [4.78, 5) is 23.6. The summed E-state index contributed by atoms with van der Waals surface area (Å²) >= 11 is 0. The van der Waals surface area contributed by atoms with Crippen molar-refractivity contribution in [2.24, 2.45) is 23.5 Å². The highest BCUT2D eigenvalue weighted by Gasteiger charge is 2.40. The number of amides is 2. The van der Waals surface area contributed by atoms with Crippen LogP contribution in [0.15, 0.2) is 6.20 Å². The van der Waals surface area contributed by atoms with Gasteiger partial charge in [0.15, 0.2) is 5.69 Å². The molecule has 2 aliphatic rings. The Bertz CT molecular complexity index is 566. The predicted molar refractivity (Wildman–Crippen MR) is 78.6 cm³/mol. The van der Waals surface area contributed by atoms with E-state index in [4.69, 9.17) is 5.73 Å². The van der Waals surface area contributed by atoms with Gasteiger partial charge in [0.1, 0.15) is 0 Å². The second-order valence-corrected chi connectivity index (χ2v) is 6.30. The van der Waals surface area contributed by atoms with Gasteiger partial charge < -0.3 is 11.1 Å². The average Bonchev–Trinajstić information content (AvgIpc) is 3.12. The highest BCUT2D eigenvalue weighted by molar-refractivity contribution is 6.01. The zero-order valence-corrected chi connectivity index (χ0v) is 12.3. The standard InChI is InChI=1S/C15H22N4O2/c1-2-19-8-12(14(18-19)15(16)21)17-13(20)7-11-6-9-3-4-10(11)5-9/h8-11H,2-7H2,1H3,(H2,16,21)(H,17,20). The molecule has 0 aliphatic heterocycles. The van der Waals surface area contributed by atoms with E-state index in [1.807, 2.05) is 6.92 Å². The van der Waals surface area contributed by atoms with Crippen molar-refractivity contribution in [3.63, 3.8) is 0 Å². The van der Waals surface area contributed by atoms with Crippen LogP contribution in [0.25, 0.3) is 0 Å². The maximum absolute atomic E-state index is 12.2. The summed E-state index contributed by atoms with van der Waals surface area (Å²) in [6.07, 6.45) is 7.27. The molecule has 3 unspecified atom stereocenters. The number of aryl methyl sites for hydroxylation is 1. The number of hydrogen-bond donors (Lipinski definition) is 2. The molecule has 2 amide bonds. The summed E-state index contributed by atoms with van der Waals surface area (Å²) in [6, 6.07) is 0. The summed E-state index contributed by atoms with van der Waals surface area (Å²) in [6.45, 7) is 2.54. The number of fused-ring (bicyclic) bond motifs is 2. The van der Waals surface area contributed by atoms with Gasteiger partial charge in [-0.3, -0.25) is 14.3 Å². The number of anilines is 1. The lowest BCUT2D eigenvalue weighted by molar-refractivity contribution is -0.117. The van der Waals surface area contributed by atoms with Gasteiger partial charge in [-0.05, 0) is 43.9 Å². The van der Waals surface area contributed by atoms with Gasteiger partial charge in [0.2, 0.25) is 5.91 Å². The first-order valence-electron chi connectivity index (χ1n) is 7.74. The smallest absolute Gasteiger partial charge is 0.271 e. The first-order chi connectivity index (χ1) is 10.1. The second-order valence-electron chi connectivity index (χ2n) is 6.30. The number of nitrogens with one attached hydrogen (secondary N) is 1. The number of rotatable bonds is 5. The monoisotopic (exact) mass is 290 g/mol. The van der Waals surface area contributed by atoms with E-state index in [9.17, 15) is 9.59 Å². The van der Waals surface area contributed by atoms with Gasteiger partial charge >= 0.3 is 0 Å². The van der Waals surface area contributed by atoms with E-state index in [2.05, 4.69) is 10.4 Å². The Labute approximate surface area is 124 Å². The van der Waals surface area contributed by atoms with Gasteiger partial charge in [-0.2, -0.15) is 5.10 Å². The number of carbonyl (C=O) groups is 2. The Morgan fingerprint density at radius 3 is 2.81 bits per heavy atom. The third-order valence-electron chi connectivity index (χ3n) is 4.93. The first-order valence-corrected chi connectivity index (χ1v) is 7.74. The second kappa shape index (κ2) is 5.50. The Hall–Kier alpha value is -1.85. The number of hydrogen-bond acceptors (Lipinski definition) is 3. The van der Waals surface area contributed by atoms with Crippen LogP contribution in [0.4, 0.5) is 5.69 Å². The van der Waals surface area contributed by atoms with Crippen molar-refractivity contribution in [3.05, 3.63) is 11.9 Å². The fraction of sp³-hybridized carbons (Fsp3) is 0.667. The highest BCUT2D eigenvalue weighted by Crippen LogP contribution is 2.49. The van der Waals surface area contributed by atoms with Crippen LogP contribution >= 0.6 is 0 Å². The molecule has 3 atom stereocenters. The number of primary amides is 1. The van der Waals surface area contributed by atoms with Crippen LogP contribution in [0.1, 0.15) is 49.5 Å². The summed E-state index contributed by atoms with van der Waals surface area (Å²) in [7, 11) is 0. The minimum Gasteiger partial charge on any atom is -0.364 e. The quantitative estimate of drug-likeness (QED) is 0.866. The van der Waals surface area contributed by atoms with Crippen molar-refractivity contribution in [2.45, 2.75) is 45.6 Å². The van der Waals surface area contributed by atoms with E-state index in [0.29, 0.717) is 24.6 Å². The molecule has 6 heteroatoms. The van der Waals surface area contributed by atoms with Gasteiger partial charge in [0.25, 0.3) is 5.91 Å². The third kappa shape index (κ3) is 2.80. The molecule has 2 saturated carbocycles. The van der Waals surface area contributed by atoms with Crippen LogP contribution in [0.5, 0.6) is 0 Å². The molecule has 0 aromatic carbocycles. The van der Waals surface area contributed by atoms with Crippen LogP contribution < -0.4 is 11.1 Å². The zero-order chi connectivity index (χ0) is 15.0. The molecule has 21 heavy (non-hydrogen) atoms. The molecule has 3 rings (SSSR count). The number of carbonyl (C=O) groups excluding carboxylic acids is 2. The fourth-order valence-electron chi connectivity index (χ4n) is 3.92. The van der Waals surface area contributed by atoms with Crippen molar-refractivity contribution in [2.75, 3.05) is 5.32 Å². The average molecular weight is 290 g/mol. The lowest BCUT2D eigenvalue weighted by Gasteiger charge is -2.20. The minimum absolute atomic E-state index is 0.0364. The van der Waals surface area contributed by atoms with Crippen LogP contribution in [-0.4, -0.2) is 21.6 Å². The molecule has 0 spiro atoms. The van der Waals surface area contributed by atoms with E-state index < -0.39 is 5.91 Å². The molecule has 3 N–H and O–H groups in total. The van der Waals surface area contributed by atoms with E-state index in [0.717, 1.165) is 11.8 Å². The van der Waals surface area contributed by atoms with Gasteiger partial charge in [-0.1, -0.05) is 6.42 Å². The van der Waals surface area contributed by atoms with Crippen molar-refractivity contribution in [3.8, 4) is 0 Å². The zero-order valence-electron chi connectivity index (χ0n) is 12.3. The summed E-state index contributed by atoms with van der Waals surface area (Å²) in [5.74, 6) is 1.40. The van der Waals surface area contributed by atoms with Gasteiger partial charge in [0, 0.05) is 19.2 Å². The maximum Gasteiger partial charge on any atom is 0.271 e. The molecule has 1 aromatic heterocycles. The minimum atomic E-state index is -0.613. The normalized spacial score (nSPS) is 27.0. The van der Waals surface area contributed by atoms with Crippen molar-refractivity contribution >= 4 is 17.5 Å². The molecule has 1 aromatic rings. The molecule has 0 radical (unpaired) electrons. The number of nitrogens with zero attached hydrogens (tertiary/aromatic N) is 2. The molecular weight excluding hydrogens is 268 g/mol. The van der Waals surface area contributed by atoms with Crippen LogP contribution in [0.2, 0.25) is 0 Å². The number of nitrogens with two attached hydrogens (primary N) is 1. The fourth-order valence-corrected chi connectivity index (χ4v) is 3.92. The number of aromatic nitrogens is 2. The molecule has 114 valence electrons. The summed E-state index contributed by atoms with van der Waals surface area (Å²) < 4.78 is 1.60. The van der Waals surface area contributed by atoms with Gasteiger partial charge in [0.05, 0.1) is 5.69 Å². The highest BCUT2D eigenvalue weighted by atomic mass is 16.2. The SMILES string of the molecule is CCn1cc(NC(=O)CC2CC3CCC2C3)c(C(N)=O)n1. The van der Waals surface area contributed by atoms with Crippen molar-refractivity contribution in [1.29, 1.82) is 0 Å². The summed E-state index contributed by atoms with van der Waals surface area (Å²) in [5.41, 5.74) is 5.87. The predicted octanol–water partition coefficient (Wildman–Crippen LogP) is 1.77. The van der Waals surface area contributed by atoms with Gasteiger partial charge in [-0.25, -0.2) is 0 Å². The Balaban J connectivity index is 1.64. The van der Waals surface area contributed by atoms with Crippen LogP contribution in [-0.2, 0) is 11.3 Å². The van der Waals surface area contributed by atoms with Gasteiger partial charge in [-0.15, -0.1) is 0 Å². The Morgan fingerprint density at radius 2 is 2.24 bits per heavy atom. The first kappa shape index (κ1) is 14.1. The largest absolute Gasteiger partial charge is 0.364 e. The van der Waals surface area contributed by atoms with E-state index in [-0.39, 0.29) is 11.6 Å². The lowest BCUT2D eigenvalue weighted by atomic mass is 9.86. The molecule has 1 heterocycles. The molecule has 0 saturated heterocycles. The van der Waals surface area contributed by atoms with Crippen LogP contribution in [0.3, 0.4) is 0 Å². The van der Waals surface area contributed by atoms with E-state index >= 15 is 0 Å².